The normalized spacial score (nSPS) is 10.9. The standard InChI is InChI=1S/C14H9F3N2O/c15-14(16,17)11-5-1-2-6-13(11)20-9-10-4-3-7-19-12(10)8-18/h1-7H,9H2. The van der Waals surface area contributed by atoms with Crippen molar-refractivity contribution in [2.45, 2.75) is 12.8 Å². The average molecular weight is 278 g/mol. The molecule has 0 saturated heterocycles. The summed E-state index contributed by atoms with van der Waals surface area (Å²) in [6.07, 6.45) is -3.05. The van der Waals surface area contributed by atoms with Crippen LogP contribution in [0, 0.1) is 11.3 Å². The number of para-hydroxylation sites is 1. The van der Waals surface area contributed by atoms with Gasteiger partial charge in [0.1, 0.15) is 24.1 Å². The molecule has 1 aromatic carbocycles. The molecule has 0 aliphatic carbocycles. The minimum atomic E-state index is -4.48. The highest BCUT2D eigenvalue weighted by atomic mass is 19.4. The molecule has 3 nitrogen and oxygen atoms in total. The van der Waals surface area contributed by atoms with E-state index in [2.05, 4.69) is 4.98 Å². The summed E-state index contributed by atoms with van der Waals surface area (Å²) >= 11 is 0. The van der Waals surface area contributed by atoms with Gasteiger partial charge in [-0.1, -0.05) is 18.2 Å². The molecule has 6 heteroatoms. The van der Waals surface area contributed by atoms with Crippen LogP contribution in [0.5, 0.6) is 5.75 Å². The maximum atomic E-state index is 12.8. The van der Waals surface area contributed by atoms with Crippen molar-refractivity contribution >= 4 is 0 Å². The Bertz CT molecular complexity index is 647. The first-order chi connectivity index (χ1) is 9.52. The molecule has 0 aliphatic heterocycles. The van der Waals surface area contributed by atoms with Crippen LogP contribution in [0.4, 0.5) is 13.2 Å². The Hall–Kier alpha value is -2.55. The third-order valence-corrected chi connectivity index (χ3v) is 2.57. The molecule has 1 aromatic heterocycles. The van der Waals surface area contributed by atoms with Gasteiger partial charge in [0, 0.05) is 11.8 Å². The minimum absolute atomic E-state index is 0.136. The molecule has 0 fully saturated rings. The first-order valence-corrected chi connectivity index (χ1v) is 5.65. The molecule has 0 aliphatic rings. The lowest BCUT2D eigenvalue weighted by Crippen LogP contribution is -2.09. The van der Waals surface area contributed by atoms with E-state index in [9.17, 15) is 13.2 Å². The lowest BCUT2D eigenvalue weighted by Gasteiger charge is -2.13. The second-order valence-electron chi connectivity index (χ2n) is 3.91. The van der Waals surface area contributed by atoms with Crippen LogP contribution in [0.2, 0.25) is 0 Å². The van der Waals surface area contributed by atoms with Crippen LogP contribution in [-0.4, -0.2) is 4.98 Å². The molecule has 0 unspecified atom stereocenters. The SMILES string of the molecule is N#Cc1ncccc1COc1ccccc1C(F)(F)F. The van der Waals surface area contributed by atoms with Crippen LogP contribution in [0.15, 0.2) is 42.6 Å². The molecule has 0 radical (unpaired) electrons. The molecule has 0 bridgehead atoms. The zero-order chi connectivity index (χ0) is 14.6. The third kappa shape index (κ3) is 3.06. The summed E-state index contributed by atoms with van der Waals surface area (Å²) in [6, 6.07) is 9.98. The average Bonchev–Trinajstić information content (AvgIpc) is 2.44. The van der Waals surface area contributed by atoms with E-state index in [-0.39, 0.29) is 18.1 Å². The summed E-state index contributed by atoms with van der Waals surface area (Å²) in [4.78, 5) is 3.82. The van der Waals surface area contributed by atoms with E-state index < -0.39 is 11.7 Å². The fourth-order valence-electron chi connectivity index (χ4n) is 1.64. The van der Waals surface area contributed by atoms with E-state index in [0.717, 1.165) is 6.07 Å². The monoisotopic (exact) mass is 278 g/mol. The molecule has 0 N–H and O–H groups in total. The smallest absolute Gasteiger partial charge is 0.419 e. The van der Waals surface area contributed by atoms with Gasteiger partial charge in [0.15, 0.2) is 0 Å². The molecule has 2 aromatic rings. The maximum Gasteiger partial charge on any atom is 0.419 e. The topological polar surface area (TPSA) is 45.9 Å². The van der Waals surface area contributed by atoms with Gasteiger partial charge in [-0.25, -0.2) is 4.98 Å². The molecule has 0 amide bonds. The number of hydrogen-bond donors (Lipinski definition) is 0. The van der Waals surface area contributed by atoms with Gasteiger partial charge in [0.05, 0.1) is 5.56 Å². The molecule has 0 atom stereocenters. The van der Waals surface area contributed by atoms with Crippen molar-refractivity contribution in [2.75, 3.05) is 0 Å². The number of hydrogen-bond acceptors (Lipinski definition) is 3. The first kappa shape index (κ1) is 13.9. The summed E-state index contributed by atoms with van der Waals surface area (Å²) in [7, 11) is 0. The first-order valence-electron chi connectivity index (χ1n) is 5.65. The Morgan fingerprint density at radius 3 is 2.60 bits per heavy atom. The number of pyridine rings is 1. The summed E-state index contributed by atoms with van der Waals surface area (Å²) in [6.45, 7) is -0.149. The van der Waals surface area contributed by atoms with Crippen LogP contribution in [-0.2, 0) is 12.8 Å². The summed E-state index contributed by atoms with van der Waals surface area (Å²) in [5.74, 6) is -0.271. The molecule has 1 heterocycles. The zero-order valence-electron chi connectivity index (χ0n) is 10.2. The number of aromatic nitrogens is 1. The second kappa shape index (κ2) is 5.61. The predicted molar refractivity (Wildman–Crippen MR) is 64.7 cm³/mol. The highest BCUT2D eigenvalue weighted by molar-refractivity contribution is 5.36. The summed E-state index contributed by atoms with van der Waals surface area (Å²) in [5.41, 5.74) is -0.272. The van der Waals surface area contributed by atoms with Gasteiger partial charge in [-0.3, -0.25) is 0 Å². The second-order valence-corrected chi connectivity index (χ2v) is 3.91. The van der Waals surface area contributed by atoms with Gasteiger partial charge >= 0.3 is 6.18 Å². The molecule has 0 saturated carbocycles. The predicted octanol–water partition coefficient (Wildman–Crippen LogP) is 3.55. The van der Waals surface area contributed by atoms with Gasteiger partial charge in [-0.15, -0.1) is 0 Å². The molecule has 20 heavy (non-hydrogen) atoms. The molecule has 2 rings (SSSR count). The van der Waals surface area contributed by atoms with Crippen LogP contribution < -0.4 is 4.74 Å². The lowest BCUT2D eigenvalue weighted by molar-refractivity contribution is -0.139. The van der Waals surface area contributed by atoms with Crippen LogP contribution in [0.25, 0.3) is 0 Å². The van der Waals surface area contributed by atoms with E-state index in [0.29, 0.717) is 5.56 Å². The number of alkyl halides is 3. The van der Waals surface area contributed by atoms with E-state index in [1.165, 1.54) is 24.4 Å². The highest BCUT2D eigenvalue weighted by Gasteiger charge is 2.34. The van der Waals surface area contributed by atoms with Crippen molar-refractivity contribution in [2.24, 2.45) is 0 Å². The fourth-order valence-corrected chi connectivity index (χ4v) is 1.64. The van der Waals surface area contributed by atoms with Crippen LogP contribution in [0.1, 0.15) is 16.8 Å². The Morgan fingerprint density at radius 1 is 1.15 bits per heavy atom. The van der Waals surface area contributed by atoms with Crippen molar-refractivity contribution in [1.29, 1.82) is 5.26 Å². The highest BCUT2D eigenvalue weighted by Crippen LogP contribution is 2.36. The largest absolute Gasteiger partial charge is 0.488 e. The Morgan fingerprint density at radius 2 is 1.90 bits per heavy atom. The summed E-state index contributed by atoms with van der Waals surface area (Å²) in [5, 5.41) is 8.85. The minimum Gasteiger partial charge on any atom is -0.488 e. The number of nitriles is 1. The van der Waals surface area contributed by atoms with Crippen molar-refractivity contribution in [1.82, 2.24) is 4.98 Å². The third-order valence-electron chi connectivity index (χ3n) is 2.57. The van der Waals surface area contributed by atoms with E-state index >= 15 is 0 Å². The van der Waals surface area contributed by atoms with Crippen molar-refractivity contribution in [3.8, 4) is 11.8 Å². The Labute approximate surface area is 113 Å². The van der Waals surface area contributed by atoms with E-state index in [1.807, 2.05) is 6.07 Å². The van der Waals surface area contributed by atoms with Crippen molar-refractivity contribution < 1.29 is 17.9 Å². The molecule has 0 spiro atoms. The molecular formula is C14H9F3N2O. The Balaban J connectivity index is 2.22. The van der Waals surface area contributed by atoms with Gasteiger partial charge in [-0.05, 0) is 18.2 Å². The molecule has 102 valence electrons. The Kier molecular flexibility index (Phi) is 3.89. The van der Waals surface area contributed by atoms with Gasteiger partial charge in [0.25, 0.3) is 0 Å². The zero-order valence-corrected chi connectivity index (χ0v) is 10.2. The molecular weight excluding hydrogens is 269 g/mol. The number of rotatable bonds is 3. The van der Waals surface area contributed by atoms with Crippen molar-refractivity contribution in [3.63, 3.8) is 0 Å². The number of ether oxygens (including phenoxy) is 1. The number of nitrogens with zero attached hydrogens (tertiary/aromatic N) is 2. The lowest BCUT2D eigenvalue weighted by atomic mass is 10.2. The van der Waals surface area contributed by atoms with Gasteiger partial charge in [-0.2, -0.15) is 18.4 Å². The van der Waals surface area contributed by atoms with Crippen LogP contribution in [0.3, 0.4) is 0 Å². The van der Waals surface area contributed by atoms with Gasteiger partial charge < -0.3 is 4.74 Å². The quantitative estimate of drug-likeness (QED) is 0.862. The number of benzene rings is 1. The van der Waals surface area contributed by atoms with E-state index in [1.54, 1.807) is 12.1 Å². The fraction of sp³-hybridized carbons (Fsp3) is 0.143. The maximum absolute atomic E-state index is 12.8. The van der Waals surface area contributed by atoms with Gasteiger partial charge in [0.2, 0.25) is 0 Å². The van der Waals surface area contributed by atoms with Crippen LogP contribution >= 0.6 is 0 Å². The summed E-state index contributed by atoms with van der Waals surface area (Å²) < 4.78 is 43.5. The van der Waals surface area contributed by atoms with Crippen molar-refractivity contribution in [3.05, 3.63) is 59.4 Å². The number of halogens is 3. The van der Waals surface area contributed by atoms with E-state index in [4.69, 9.17) is 10.00 Å².